The van der Waals surface area contributed by atoms with Gasteiger partial charge in [-0.15, -0.1) is 0 Å². The monoisotopic (exact) mass is 189 g/mol. The lowest BCUT2D eigenvalue weighted by molar-refractivity contribution is 0.267. The highest BCUT2D eigenvalue weighted by molar-refractivity contribution is 7.63. The SMILES string of the molecule is CC1(C)CNCCC1P(C)(C)=O. The van der Waals surface area contributed by atoms with Crippen LogP contribution in [0.3, 0.4) is 0 Å². The summed E-state index contributed by atoms with van der Waals surface area (Å²) in [6, 6.07) is 0. The Balaban J connectivity index is 2.80. The average Bonchev–Trinajstić information content (AvgIpc) is 1.83. The van der Waals surface area contributed by atoms with Gasteiger partial charge in [-0.1, -0.05) is 13.8 Å². The van der Waals surface area contributed by atoms with Gasteiger partial charge in [-0.25, -0.2) is 0 Å². The summed E-state index contributed by atoms with van der Waals surface area (Å²) >= 11 is 0. The molecule has 1 heterocycles. The zero-order chi connectivity index (χ0) is 9.41. The van der Waals surface area contributed by atoms with E-state index in [2.05, 4.69) is 19.2 Å². The van der Waals surface area contributed by atoms with Gasteiger partial charge in [0, 0.05) is 12.2 Å². The fraction of sp³-hybridized carbons (Fsp3) is 1.00. The smallest absolute Gasteiger partial charge is 0.0854 e. The minimum atomic E-state index is -1.90. The Kier molecular flexibility index (Phi) is 2.70. The molecule has 1 N–H and O–H groups in total. The molecule has 0 bridgehead atoms. The molecule has 0 spiro atoms. The predicted octanol–water partition coefficient (Wildman–Crippen LogP) is 2.00. The largest absolute Gasteiger partial charge is 0.324 e. The van der Waals surface area contributed by atoms with Crippen molar-refractivity contribution < 1.29 is 4.57 Å². The molecule has 1 saturated heterocycles. The summed E-state index contributed by atoms with van der Waals surface area (Å²) < 4.78 is 12.0. The molecule has 1 rings (SSSR count). The van der Waals surface area contributed by atoms with Gasteiger partial charge in [-0.2, -0.15) is 0 Å². The maximum absolute atomic E-state index is 12.0. The summed E-state index contributed by atoms with van der Waals surface area (Å²) in [6.07, 6.45) is 1.07. The molecular weight excluding hydrogens is 169 g/mol. The molecule has 3 heteroatoms. The van der Waals surface area contributed by atoms with Crippen LogP contribution in [0.25, 0.3) is 0 Å². The standard InChI is InChI=1S/C9H20NOP/c1-9(2)7-10-6-5-8(9)12(3,4)11/h8,10H,5-7H2,1-4H3. The van der Waals surface area contributed by atoms with Crippen molar-refractivity contribution in [2.24, 2.45) is 5.41 Å². The summed E-state index contributed by atoms with van der Waals surface area (Å²) in [5.74, 6) is 0. The molecule has 12 heavy (non-hydrogen) atoms. The molecule has 0 saturated carbocycles. The van der Waals surface area contributed by atoms with Crippen molar-refractivity contribution in [1.29, 1.82) is 0 Å². The lowest BCUT2D eigenvalue weighted by Gasteiger charge is -2.41. The highest BCUT2D eigenvalue weighted by Gasteiger charge is 2.39. The van der Waals surface area contributed by atoms with E-state index in [1.807, 2.05) is 13.3 Å². The maximum Gasteiger partial charge on any atom is 0.0854 e. The van der Waals surface area contributed by atoms with Crippen LogP contribution in [-0.2, 0) is 4.57 Å². The van der Waals surface area contributed by atoms with Crippen LogP contribution < -0.4 is 5.32 Å². The molecule has 72 valence electrons. The highest BCUT2D eigenvalue weighted by Crippen LogP contribution is 2.52. The Morgan fingerprint density at radius 3 is 2.33 bits per heavy atom. The molecule has 0 aromatic rings. The van der Waals surface area contributed by atoms with Gasteiger partial charge in [0.2, 0.25) is 0 Å². The maximum atomic E-state index is 12.0. The minimum Gasteiger partial charge on any atom is -0.324 e. The third-order valence-corrected chi connectivity index (χ3v) is 5.29. The first-order valence-corrected chi connectivity index (χ1v) is 7.26. The number of nitrogens with one attached hydrogen (secondary N) is 1. The first-order chi connectivity index (χ1) is 5.34. The normalized spacial score (nSPS) is 30.2. The Labute approximate surface area is 75.5 Å². The van der Waals surface area contributed by atoms with Crippen LogP contribution in [0, 0.1) is 5.41 Å². The number of hydrogen-bond acceptors (Lipinski definition) is 2. The van der Waals surface area contributed by atoms with Crippen LogP contribution in [0.5, 0.6) is 0 Å². The molecule has 0 aromatic heterocycles. The zero-order valence-corrected chi connectivity index (χ0v) is 9.45. The quantitative estimate of drug-likeness (QED) is 0.639. The van der Waals surface area contributed by atoms with Crippen molar-refractivity contribution in [3.8, 4) is 0 Å². The Morgan fingerprint density at radius 1 is 1.42 bits per heavy atom. The Bertz CT molecular complexity index is 207. The van der Waals surface area contributed by atoms with Gasteiger partial charge in [0.25, 0.3) is 0 Å². The second kappa shape index (κ2) is 3.16. The van der Waals surface area contributed by atoms with Gasteiger partial charge in [-0.3, -0.25) is 0 Å². The summed E-state index contributed by atoms with van der Waals surface area (Å²) in [6.45, 7) is 10.3. The molecule has 0 aliphatic carbocycles. The zero-order valence-electron chi connectivity index (χ0n) is 8.55. The summed E-state index contributed by atoms with van der Waals surface area (Å²) in [4.78, 5) is 0. The van der Waals surface area contributed by atoms with Crippen LogP contribution in [0.1, 0.15) is 20.3 Å². The topological polar surface area (TPSA) is 29.1 Å². The van der Waals surface area contributed by atoms with Gasteiger partial charge in [0.05, 0.1) is 7.14 Å². The third kappa shape index (κ3) is 2.11. The molecule has 1 aliphatic heterocycles. The molecule has 2 nitrogen and oxygen atoms in total. The number of hydrogen-bond donors (Lipinski definition) is 1. The third-order valence-electron chi connectivity index (χ3n) is 2.83. The summed E-state index contributed by atoms with van der Waals surface area (Å²) in [7, 11) is -1.90. The second-order valence-corrected chi connectivity index (χ2v) is 8.40. The fourth-order valence-corrected chi connectivity index (χ4v) is 4.84. The molecule has 1 fully saturated rings. The first kappa shape index (κ1) is 10.3. The van der Waals surface area contributed by atoms with E-state index in [-0.39, 0.29) is 5.41 Å². The van der Waals surface area contributed by atoms with Gasteiger partial charge in [-0.05, 0) is 31.7 Å². The van der Waals surface area contributed by atoms with Gasteiger partial charge in [0.15, 0.2) is 0 Å². The minimum absolute atomic E-state index is 0.206. The predicted molar refractivity (Wildman–Crippen MR) is 54.5 cm³/mol. The average molecular weight is 189 g/mol. The van der Waals surface area contributed by atoms with Gasteiger partial charge < -0.3 is 9.88 Å². The Hall–Kier alpha value is 0.190. The highest BCUT2D eigenvalue weighted by atomic mass is 31.2. The van der Waals surface area contributed by atoms with E-state index in [1.54, 1.807) is 0 Å². The second-order valence-electron chi connectivity index (χ2n) is 4.90. The van der Waals surface area contributed by atoms with Crippen molar-refractivity contribution in [2.75, 3.05) is 26.4 Å². The van der Waals surface area contributed by atoms with Crippen LogP contribution >= 0.6 is 7.14 Å². The van der Waals surface area contributed by atoms with Crippen molar-refractivity contribution >= 4 is 7.14 Å². The van der Waals surface area contributed by atoms with E-state index >= 15 is 0 Å². The van der Waals surface area contributed by atoms with E-state index in [0.717, 1.165) is 19.5 Å². The Morgan fingerprint density at radius 2 is 2.00 bits per heavy atom. The molecule has 0 radical (unpaired) electrons. The lowest BCUT2D eigenvalue weighted by Crippen LogP contribution is -2.45. The summed E-state index contributed by atoms with van der Waals surface area (Å²) in [5, 5.41) is 3.36. The van der Waals surface area contributed by atoms with Crippen molar-refractivity contribution in [3.05, 3.63) is 0 Å². The van der Waals surface area contributed by atoms with E-state index < -0.39 is 7.14 Å². The van der Waals surface area contributed by atoms with Crippen LogP contribution in [-0.4, -0.2) is 32.1 Å². The lowest BCUT2D eigenvalue weighted by atomic mass is 9.84. The molecule has 0 aromatic carbocycles. The van der Waals surface area contributed by atoms with Crippen LogP contribution in [0.15, 0.2) is 0 Å². The van der Waals surface area contributed by atoms with Crippen molar-refractivity contribution in [1.82, 2.24) is 5.32 Å². The summed E-state index contributed by atoms with van der Waals surface area (Å²) in [5.41, 5.74) is 0.614. The number of piperidine rings is 1. The van der Waals surface area contributed by atoms with Crippen LogP contribution in [0.2, 0.25) is 0 Å². The van der Waals surface area contributed by atoms with E-state index in [9.17, 15) is 4.57 Å². The number of rotatable bonds is 1. The molecule has 1 atom stereocenters. The van der Waals surface area contributed by atoms with E-state index in [1.165, 1.54) is 0 Å². The van der Waals surface area contributed by atoms with Crippen molar-refractivity contribution in [3.63, 3.8) is 0 Å². The molecule has 1 aliphatic rings. The first-order valence-electron chi connectivity index (χ1n) is 4.59. The van der Waals surface area contributed by atoms with E-state index in [0.29, 0.717) is 5.66 Å². The van der Waals surface area contributed by atoms with Crippen molar-refractivity contribution in [2.45, 2.75) is 25.9 Å². The molecule has 0 amide bonds. The molecule has 1 unspecified atom stereocenters. The van der Waals surface area contributed by atoms with Crippen LogP contribution in [0.4, 0.5) is 0 Å². The fourth-order valence-electron chi connectivity index (χ4n) is 2.31. The molecular formula is C9H20NOP. The van der Waals surface area contributed by atoms with Gasteiger partial charge in [0.1, 0.15) is 0 Å². The van der Waals surface area contributed by atoms with Gasteiger partial charge >= 0.3 is 0 Å². The van der Waals surface area contributed by atoms with E-state index in [4.69, 9.17) is 0 Å².